The van der Waals surface area contributed by atoms with Crippen molar-refractivity contribution in [2.45, 2.75) is 32.1 Å². The van der Waals surface area contributed by atoms with Crippen molar-refractivity contribution in [2.24, 2.45) is 5.73 Å². The summed E-state index contributed by atoms with van der Waals surface area (Å²) in [5, 5.41) is 9.19. The molecule has 0 aliphatic carbocycles. The third-order valence-corrected chi connectivity index (χ3v) is 4.76. The van der Waals surface area contributed by atoms with E-state index in [0.717, 1.165) is 26.4 Å². The number of nitrogens with two attached hydrogens (primary N) is 1. The second-order valence-electron chi connectivity index (χ2n) is 4.56. The van der Waals surface area contributed by atoms with Crippen molar-refractivity contribution >= 4 is 27.3 Å². The van der Waals surface area contributed by atoms with Gasteiger partial charge in [-0.1, -0.05) is 19.1 Å². The van der Waals surface area contributed by atoms with Crippen molar-refractivity contribution in [3.8, 4) is 5.75 Å². The van der Waals surface area contributed by atoms with E-state index >= 15 is 0 Å². The summed E-state index contributed by atoms with van der Waals surface area (Å²) in [6, 6.07) is 11.4. The molecular formula is C15H18BrNO2S. The number of benzene rings is 1. The van der Waals surface area contributed by atoms with Gasteiger partial charge < -0.3 is 15.6 Å². The molecular weight excluding hydrogens is 338 g/mol. The Balaban J connectivity index is 2.23. The fourth-order valence-corrected chi connectivity index (χ4v) is 3.44. The fourth-order valence-electron chi connectivity index (χ4n) is 1.92. The summed E-state index contributed by atoms with van der Waals surface area (Å²) in [4.78, 5) is 1.10. The van der Waals surface area contributed by atoms with E-state index in [0.29, 0.717) is 0 Å². The minimum absolute atomic E-state index is 0.00620. The van der Waals surface area contributed by atoms with Crippen LogP contribution in [0.1, 0.15) is 29.9 Å². The summed E-state index contributed by atoms with van der Waals surface area (Å²) < 4.78 is 7.13. The maximum absolute atomic E-state index is 9.19. The van der Waals surface area contributed by atoms with Crippen molar-refractivity contribution in [3.63, 3.8) is 0 Å². The molecule has 0 aliphatic heterocycles. The Labute approximate surface area is 131 Å². The Kier molecular flexibility index (Phi) is 5.60. The van der Waals surface area contributed by atoms with E-state index in [1.54, 1.807) is 11.3 Å². The molecule has 0 saturated heterocycles. The largest absolute Gasteiger partial charge is 0.483 e. The van der Waals surface area contributed by atoms with E-state index in [1.807, 2.05) is 43.3 Å². The lowest BCUT2D eigenvalue weighted by Gasteiger charge is -2.23. The van der Waals surface area contributed by atoms with Crippen LogP contribution in [0.5, 0.6) is 5.75 Å². The Morgan fingerprint density at radius 2 is 2.15 bits per heavy atom. The maximum Gasteiger partial charge on any atom is 0.148 e. The van der Waals surface area contributed by atoms with E-state index < -0.39 is 0 Å². The van der Waals surface area contributed by atoms with Gasteiger partial charge >= 0.3 is 0 Å². The molecule has 3 nitrogen and oxygen atoms in total. The van der Waals surface area contributed by atoms with Crippen molar-refractivity contribution in [1.29, 1.82) is 0 Å². The fraction of sp³-hybridized carbons (Fsp3) is 0.333. The highest BCUT2D eigenvalue weighted by Crippen LogP contribution is 2.33. The Bertz CT molecular complexity index is 558. The number of hydrogen-bond acceptors (Lipinski definition) is 4. The van der Waals surface area contributed by atoms with Crippen LogP contribution in [0.25, 0.3) is 0 Å². The SMILES string of the molecule is CCC(N)C(Oc1cccc(CO)c1)c1ccc(Br)s1. The highest BCUT2D eigenvalue weighted by atomic mass is 79.9. The molecule has 108 valence electrons. The second-order valence-corrected chi connectivity index (χ2v) is 7.05. The lowest BCUT2D eigenvalue weighted by molar-refractivity contribution is 0.174. The predicted octanol–water partition coefficient (Wildman–Crippen LogP) is 3.86. The molecule has 0 saturated carbocycles. The normalized spacial score (nSPS) is 14.0. The van der Waals surface area contributed by atoms with Gasteiger partial charge in [-0.2, -0.15) is 0 Å². The van der Waals surface area contributed by atoms with Gasteiger partial charge in [-0.3, -0.25) is 0 Å². The minimum atomic E-state index is -0.176. The van der Waals surface area contributed by atoms with E-state index in [-0.39, 0.29) is 18.8 Å². The van der Waals surface area contributed by atoms with Crippen molar-refractivity contribution < 1.29 is 9.84 Å². The van der Waals surface area contributed by atoms with Gasteiger partial charge in [0.2, 0.25) is 0 Å². The number of ether oxygens (including phenoxy) is 1. The van der Waals surface area contributed by atoms with Gasteiger partial charge in [0.25, 0.3) is 0 Å². The molecule has 5 heteroatoms. The van der Waals surface area contributed by atoms with Gasteiger partial charge in [0, 0.05) is 10.9 Å². The van der Waals surface area contributed by atoms with E-state index in [4.69, 9.17) is 10.5 Å². The molecule has 20 heavy (non-hydrogen) atoms. The average molecular weight is 356 g/mol. The molecule has 0 spiro atoms. The van der Waals surface area contributed by atoms with Crippen LogP contribution in [0.4, 0.5) is 0 Å². The molecule has 0 bridgehead atoms. The van der Waals surface area contributed by atoms with Crippen molar-refractivity contribution in [1.82, 2.24) is 0 Å². The molecule has 0 amide bonds. The first kappa shape index (κ1) is 15.5. The number of thiophene rings is 1. The topological polar surface area (TPSA) is 55.5 Å². The monoisotopic (exact) mass is 355 g/mol. The van der Waals surface area contributed by atoms with Gasteiger partial charge in [0.05, 0.1) is 10.4 Å². The van der Waals surface area contributed by atoms with Gasteiger partial charge in [-0.25, -0.2) is 0 Å². The zero-order valence-electron chi connectivity index (χ0n) is 11.3. The third kappa shape index (κ3) is 3.82. The summed E-state index contributed by atoms with van der Waals surface area (Å²) >= 11 is 5.10. The summed E-state index contributed by atoms with van der Waals surface area (Å²) in [5.41, 5.74) is 7.03. The smallest absolute Gasteiger partial charge is 0.148 e. The summed E-state index contributed by atoms with van der Waals surface area (Å²) in [7, 11) is 0. The van der Waals surface area contributed by atoms with E-state index in [2.05, 4.69) is 15.9 Å². The minimum Gasteiger partial charge on any atom is -0.483 e. The van der Waals surface area contributed by atoms with Crippen LogP contribution < -0.4 is 10.5 Å². The third-order valence-electron chi connectivity index (χ3n) is 3.08. The maximum atomic E-state index is 9.19. The molecule has 2 aromatic rings. The van der Waals surface area contributed by atoms with Crippen LogP contribution in [-0.2, 0) is 6.61 Å². The molecule has 0 fully saturated rings. The zero-order valence-corrected chi connectivity index (χ0v) is 13.7. The Morgan fingerprint density at radius 3 is 2.75 bits per heavy atom. The van der Waals surface area contributed by atoms with Crippen LogP contribution in [0, 0.1) is 0 Å². The van der Waals surface area contributed by atoms with Crippen LogP contribution >= 0.6 is 27.3 Å². The lowest BCUT2D eigenvalue weighted by Crippen LogP contribution is -2.30. The summed E-state index contributed by atoms with van der Waals surface area (Å²) in [6.07, 6.45) is 0.658. The zero-order chi connectivity index (χ0) is 14.5. The van der Waals surface area contributed by atoms with Gasteiger partial charge in [-0.05, 0) is 52.2 Å². The predicted molar refractivity (Wildman–Crippen MR) is 86.0 cm³/mol. The molecule has 3 N–H and O–H groups in total. The van der Waals surface area contributed by atoms with Crippen LogP contribution in [0.3, 0.4) is 0 Å². The van der Waals surface area contributed by atoms with Gasteiger partial charge in [-0.15, -0.1) is 11.3 Å². The Morgan fingerprint density at radius 1 is 1.35 bits per heavy atom. The first-order valence-corrected chi connectivity index (χ1v) is 8.12. The molecule has 0 radical (unpaired) electrons. The van der Waals surface area contributed by atoms with Gasteiger partial charge in [0.15, 0.2) is 0 Å². The molecule has 2 rings (SSSR count). The lowest BCUT2D eigenvalue weighted by atomic mass is 10.1. The molecule has 2 unspecified atom stereocenters. The highest BCUT2D eigenvalue weighted by molar-refractivity contribution is 9.11. The van der Waals surface area contributed by atoms with Gasteiger partial charge in [0.1, 0.15) is 11.9 Å². The highest BCUT2D eigenvalue weighted by Gasteiger charge is 2.22. The van der Waals surface area contributed by atoms with E-state index in [1.165, 1.54) is 0 Å². The van der Waals surface area contributed by atoms with E-state index in [9.17, 15) is 5.11 Å². The first-order valence-electron chi connectivity index (χ1n) is 6.51. The molecule has 1 aromatic heterocycles. The summed E-state index contributed by atoms with van der Waals surface area (Å²) in [5.74, 6) is 0.731. The summed E-state index contributed by atoms with van der Waals surface area (Å²) in [6.45, 7) is 2.06. The number of hydrogen-bond donors (Lipinski definition) is 2. The van der Waals surface area contributed by atoms with Crippen LogP contribution in [0.2, 0.25) is 0 Å². The molecule has 1 aromatic carbocycles. The second kappa shape index (κ2) is 7.22. The van der Waals surface area contributed by atoms with Crippen molar-refractivity contribution in [3.05, 3.63) is 50.6 Å². The Hall–Kier alpha value is -0.880. The molecule has 1 heterocycles. The number of halogens is 1. The van der Waals surface area contributed by atoms with Crippen LogP contribution in [0.15, 0.2) is 40.2 Å². The quantitative estimate of drug-likeness (QED) is 0.826. The molecule has 2 atom stereocenters. The van der Waals surface area contributed by atoms with Crippen molar-refractivity contribution in [2.75, 3.05) is 0 Å². The standard InChI is InChI=1S/C15H18BrNO2S/c1-2-12(17)15(13-6-7-14(16)20-13)19-11-5-3-4-10(8-11)9-18/h3-8,12,15,18H,2,9,17H2,1H3. The number of aliphatic hydroxyl groups excluding tert-OH is 1. The number of aliphatic hydroxyl groups is 1. The number of rotatable bonds is 6. The van der Waals surface area contributed by atoms with Crippen LogP contribution in [-0.4, -0.2) is 11.1 Å². The first-order chi connectivity index (χ1) is 9.63. The average Bonchev–Trinajstić information content (AvgIpc) is 2.90. The molecule has 0 aliphatic rings.